The van der Waals surface area contributed by atoms with Crippen LogP contribution in [0.15, 0.2) is 11.8 Å². The van der Waals surface area contributed by atoms with Crippen LogP contribution >= 0.6 is 0 Å². The fraction of sp³-hybridized carbons (Fsp3) is 0.571. The largest absolute Gasteiger partial charge is 1.00 e. The second-order valence-corrected chi connectivity index (χ2v) is 2.35. The van der Waals surface area contributed by atoms with Crippen molar-refractivity contribution in [3.05, 3.63) is 17.5 Å². The zero-order valence-corrected chi connectivity index (χ0v) is 12.0. The van der Waals surface area contributed by atoms with Gasteiger partial charge in [0, 0.05) is 5.92 Å². The van der Waals surface area contributed by atoms with Crippen molar-refractivity contribution >= 4 is 5.78 Å². The fourth-order valence-electron chi connectivity index (χ4n) is 0.526. The smallest absolute Gasteiger partial charge is 0.705 e. The van der Waals surface area contributed by atoms with Crippen LogP contribution in [0.2, 0.25) is 0 Å². The first-order chi connectivity index (χ1) is 4.09. The Hall–Kier alpha value is 1.02. The van der Waals surface area contributed by atoms with Gasteiger partial charge >= 0.3 is 58.2 Å². The van der Waals surface area contributed by atoms with E-state index in [2.05, 4.69) is 0 Å². The van der Waals surface area contributed by atoms with E-state index >= 15 is 0 Å². The molecular weight excluding hydrogens is 200 g/mol. The molecule has 0 aliphatic heterocycles. The first kappa shape index (κ1) is 13.6. The number of ketones is 1. The van der Waals surface area contributed by atoms with Crippen molar-refractivity contribution in [2.24, 2.45) is 5.92 Å². The molecule has 0 aromatic heterocycles. The zero-order valence-electron chi connectivity index (χ0n) is 7.06. The van der Waals surface area contributed by atoms with Gasteiger partial charge in [-0.1, -0.05) is 13.8 Å². The molecule has 0 atom stereocenters. The second kappa shape index (κ2) is 6.71. The minimum Gasteiger partial charge on any atom is -0.705 e. The summed E-state index contributed by atoms with van der Waals surface area (Å²) in [6, 6.07) is 0. The average molecular weight is 212 g/mol. The second-order valence-electron chi connectivity index (χ2n) is 2.35. The standard InChI is InChI=1S/C7H13NO.Rb/c1-5(2)7(9)6(3)4-8;/h4-5H,1-3H3,(H2,8,9);/q;+1/p-1. The van der Waals surface area contributed by atoms with Gasteiger partial charge in [-0.25, -0.2) is 0 Å². The van der Waals surface area contributed by atoms with Crippen LogP contribution in [0.5, 0.6) is 0 Å². The summed E-state index contributed by atoms with van der Waals surface area (Å²) in [5.74, 6) is 0.0802. The van der Waals surface area contributed by atoms with Gasteiger partial charge < -0.3 is 5.73 Å². The van der Waals surface area contributed by atoms with E-state index in [1.165, 1.54) is 0 Å². The molecule has 0 fully saturated rings. The molecule has 0 unspecified atom stereocenters. The number of carbonyl (C=O) groups excluding carboxylic acids is 1. The maximum absolute atomic E-state index is 10.9. The monoisotopic (exact) mass is 211 g/mol. The Morgan fingerprint density at radius 1 is 1.50 bits per heavy atom. The molecule has 0 radical (unpaired) electrons. The van der Waals surface area contributed by atoms with Gasteiger partial charge in [0.05, 0.1) is 0 Å². The molecule has 0 bridgehead atoms. The molecule has 2 nitrogen and oxygen atoms in total. The molecule has 1 N–H and O–H groups in total. The Labute approximate surface area is 111 Å². The third-order valence-electron chi connectivity index (χ3n) is 1.13. The van der Waals surface area contributed by atoms with Crippen LogP contribution in [-0.4, -0.2) is 5.78 Å². The summed E-state index contributed by atoms with van der Waals surface area (Å²) in [6.07, 6.45) is 1.10. The SMILES string of the molecule is C/C(=C/[NH-])C(=O)C(C)C.[Rb+]. The molecule has 0 rings (SSSR count). The van der Waals surface area contributed by atoms with Gasteiger partial charge in [-0.3, -0.25) is 4.79 Å². The van der Waals surface area contributed by atoms with Crippen molar-refractivity contribution in [2.45, 2.75) is 20.8 Å². The number of Topliss-reactive ketones (excluding diaryl/α,β-unsaturated/α-hetero) is 1. The summed E-state index contributed by atoms with van der Waals surface area (Å²) in [4.78, 5) is 10.9. The molecule has 0 aliphatic rings. The van der Waals surface area contributed by atoms with Crippen LogP contribution in [0.1, 0.15) is 20.8 Å². The van der Waals surface area contributed by atoms with Crippen LogP contribution < -0.4 is 58.2 Å². The quantitative estimate of drug-likeness (QED) is 0.550. The first-order valence-corrected chi connectivity index (χ1v) is 2.97. The maximum Gasteiger partial charge on any atom is 1.00 e. The molecule has 3 heteroatoms. The predicted octanol–water partition coefficient (Wildman–Crippen LogP) is -0.828. The topological polar surface area (TPSA) is 40.9 Å². The number of hydrogen-bond donors (Lipinski definition) is 0. The van der Waals surface area contributed by atoms with Gasteiger partial charge in [0.1, 0.15) is 0 Å². The Kier molecular flexibility index (Phi) is 9.12. The summed E-state index contributed by atoms with van der Waals surface area (Å²) in [6.45, 7) is 5.32. The van der Waals surface area contributed by atoms with Crippen LogP contribution in [0.3, 0.4) is 0 Å². The number of allylic oxidation sites excluding steroid dienone is 1. The molecular formula is C7H12NORb. The first-order valence-electron chi connectivity index (χ1n) is 2.97. The Morgan fingerprint density at radius 2 is 1.90 bits per heavy atom. The van der Waals surface area contributed by atoms with E-state index in [0.717, 1.165) is 6.20 Å². The van der Waals surface area contributed by atoms with Gasteiger partial charge in [0.2, 0.25) is 0 Å². The zero-order chi connectivity index (χ0) is 7.44. The predicted molar refractivity (Wildman–Crippen MR) is 37.9 cm³/mol. The van der Waals surface area contributed by atoms with Crippen LogP contribution in [0, 0.1) is 5.92 Å². The molecule has 0 aromatic rings. The van der Waals surface area contributed by atoms with Crippen molar-refractivity contribution in [1.82, 2.24) is 0 Å². The third-order valence-corrected chi connectivity index (χ3v) is 1.13. The third kappa shape index (κ3) is 4.77. The van der Waals surface area contributed by atoms with Crippen molar-refractivity contribution in [3.63, 3.8) is 0 Å². The Morgan fingerprint density at radius 3 is 2.00 bits per heavy atom. The summed E-state index contributed by atoms with van der Waals surface area (Å²) < 4.78 is 0. The molecule has 0 spiro atoms. The van der Waals surface area contributed by atoms with E-state index in [-0.39, 0.29) is 69.9 Å². The van der Waals surface area contributed by atoms with Crippen molar-refractivity contribution in [1.29, 1.82) is 0 Å². The van der Waals surface area contributed by atoms with E-state index < -0.39 is 0 Å². The number of hydrogen-bond acceptors (Lipinski definition) is 1. The van der Waals surface area contributed by atoms with E-state index in [1.807, 2.05) is 13.8 Å². The molecule has 0 aromatic carbocycles. The molecule has 0 aliphatic carbocycles. The number of rotatable bonds is 2. The van der Waals surface area contributed by atoms with Crippen molar-refractivity contribution in [3.8, 4) is 0 Å². The van der Waals surface area contributed by atoms with E-state index in [9.17, 15) is 4.79 Å². The van der Waals surface area contributed by atoms with E-state index in [1.54, 1.807) is 6.92 Å². The van der Waals surface area contributed by atoms with Gasteiger partial charge in [-0.05, 0) is 12.5 Å². The Bertz CT molecular complexity index is 141. The van der Waals surface area contributed by atoms with E-state index in [4.69, 9.17) is 5.73 Å². The Balaban J connectivity index is 0. The summed E-state index contributed by atoms with van der Waals surface area (Å²) >= 11 is 0. The van der Waals surface area contributed by atoms with Crippen LogP contribution in [-0.2, 0) is 4.79 Å². The molecule has 0 saturated heterocycles. The minimum absolute atomic E-state index is 0. The van der Waals surface area contributed by atoms with Gasteiger partial charge in [0.15, 0.2) is 5.78 Å². The molecule has 10 heavy (non-hydrogen) atoms. The van der Waals surface area contributed by atoms with Crippen molar-refractivity contribution in [2.75, 3.05) is 0 Å². The molecule has 0 heterocycles. The molecule has 0 amide bonds. The van der Waals surface area contributed by atoms with Gasteiger partial charge in [0.25, 0.3) is 0 Å². The summed E-state index contributed by atoms with van der Waals surface area (Å²) in [5, 5.41) is 0. The van der Waals surface area contributed by atoms with Crippen molar-refractivity contribution < 1.29 is 63.0 Å². The summed E-state index contributed by atoms with van der Waals surface area (Å²) in [7, 11) is 0. The molecule has 0 saturated carbocycles. The van der Waals surface area contributed by atoms with Gasteiger partial charge in [-0.15, -0.1) is 0 Å². The maximum atomic E-state index is 10.9. The minimum atomic E-state index is 0. The van der Waals surface area contributed by atoms with Gasteiger partial charge in [-0.2, -0.15) is 6.20 Å². The van der Waals surface area contributed by atoms with E-state index in [0.29, 0.717) is 5.57 Å². The molecule has 52 valence electrons. The average Bonchev–Trinajstić information content (AvgIpc) is 1.84. The van der Waals surface area contributed by atoms with Crippen LogP contribution in [0.25, 0.3) is 5.73 Å². The number of nitrogens with one attached hydrogen (secondary N) is 1. The van der Waals surface area contributed by atoms with Crippen LogP contribution in [0.4, 0.5) is 0 Å². The summed E-state index contributed by atoms with van der Waals surface area (Å²) in [5.41, 5.74) is 7.28. The number of carbonyl (C=O) groups is 1. The normalized spacial score (nSPS) is 11.0. The fourth-order valence-corrected chi connectivity index (χ4v) is 0.526.